The fraction of sp³-hybridized carbons (Fsp3) is 0.500. The highest BCUT2D eigenvalue weighted by atomic mass is 19.1. The molecule has 6 heteroatoms. The molecule has 2 unspecified atom stereocenters. The zero-order chi connectivity index (χ0) is 13.1. The first-order valence-corrected chi connectivity index (χ1v) is 5.81. The van der Waals surface area contributed by atoms with Crippen molar-refractivity contribution in [2.24, 2.45) is 0 Å². The lowest BCUT2D eigenvalue weighted by molar-refractivity contribution is -0.0154. The summed E-state index contributed by atoms with van der Waals surface area (Å²) in [5.74, 6) is -0.329. The molecule has 0 aliphatic heterocycles. The van der Waals surface area contributed by atoms with Crippen LogP contribution in [0.3, 0.4) is 0 Å². The largest absolute Gasteiger partial charge is 0.488 e. The van der Waals surface area contributed by atoms with Crippen LogP contribution < -0.4 is 10.2 Å². The number of hydrogen-bond donors (Lipinski definition) is 4. The summed E-state index contributed by atoms with van der Waals surface area (Å²) in [7, 11) is 0. The Morgan fingerprint density at radius 1 is 1.17 bits per heavy atom. The third-order valence-electron chi connectivity index (χ3n) is 2.97. The van der Waals surface area contributed by atoms with E-state index in [2.05, 4.69) is 0 Å². The lowest BCUT2D eigenvalue weighted by atomic mass is 9.92. The van der Waals surface area contributed by atoms with Crippen LogP contribution in [0.2, 0.25) is 0 Å². The van der Waals surface area contributed by atoms with Crippen molar-refractivity contribution in [3.8, 4) is 5.75 Å². The van der Waals surface area contributed by atoms with Gasteiger partial charge in [-0.15, -0.1) is 0 Å². The molecule has 18 heavy (non-hydrogen) atoms. The highest BCUT2D eigenvalue weighted by molar-refractivity contribution is 5.54. The van der Waals surface area contributed by atoms with Gasteiger partial charge in [0.15, 0.2) is 0 Å². The van der Waals surface area contributed by atoms with E-state index in [0.29, 0.717) is 19.3 Å². The molecule has 4 N–H and O–H groups in total. The summed E-state index contributed by atoms with van der Waals surface area (Å²) in [6.07, 6.45) is -0.585. The Labute approximate surface area is 104 Å². The van der Waals surface area contributed by atoms with Crippen LogP contribution in [0.1, 0.15) is 19.3 Å². The van der Waals surface area contributed by atoms with E-state index in [0.717, 1.165) is 6.07 Å². The maximum Gasteiger partial charge on any atom is 0.148 e. The molecule has 1 aliphatic rings. The van der Waals surface area contributed by atoms with Gasteiger partial charge in [-0.1, -0.05) is 0 Å². The van der Waals surface area contributed by atoms with Gasteiger partial charge in [-0.25, -0.2) is 4.39 Å². The predicted octanol–water partition coefficient (Wildman–Crippen LogP) is 1.28. The summed E-state index contributed by atoms with van der Waals surface area (Å²) < 4.78 is 18.6. The third kappa shape index (κ3) is 3.10. The number of anilines is 1. The maximum absolute atomic E-state index is 13.1. The zero-order valence-electron chi connectivity index (χ0n) is 9.71. The van der Waals surface area contributed by atoms with Gasteiger partial charge in [0.1, 0.15) is 23.4 Å². The smallest absolute Gasteiger partial charge is 0.148 e. The van der Waals surface area contributed by atoms with E-state index in [1.807, 2.05) is 5.48 Å². The first-order valence-electron chi connectivity index (χ1n) is 5.81. The fourth-order valence-corrected chi connectivity index (χ4v) is 2.17. The number of aliphatic hydroxyl groups is 2. The SMILES string of the molecule is ONc1ccc(F)cc1OC1CC(O)CC(O)C1. The predicted molar refractivity (Wildman–Crippen MR) is 62.1 cm³/mol. The van der Waals surface area contributed by atoms with Crippen molar-refractivity contribution in [1.29, 1.82) is 0 Å². The molecule has 1 aromatic rings. The first-order chi connectivity index (χ1) is 8.58. The summed E-state index contributed by atoms with van der Waals surface area (Å²) in [6, 6.07) is 3.68. The topological polar surface area (TPSA) is 82.0 Å². The Hall–Kier alpha value is -1.37. The normalized spacial score (nSPS) is 27.9. The second-order valence-corrected chi connectivity index (χ2v) is 4.51. The number of rotatable bonds is 3. The number of halogens is 1. The van der Waals surface area contributed by atoms with Crippen molar-refractivity contribution in [3.05, 3.63) is 24.0 Å². The quantitative estimate of drug-likeness (QED) is 0.613. The molecule has 0 aromatic heterocycles. The van der Waals surface area contributed by atoms with Gasteiger partial charge in [-0.3, -0.25) is 10.7 Å². The molecule has 1 aromatic carbocycles. The van der Waals surface area contributed by atoms with Gasteiger partial charge in [0.25, 0.3) is 0 Å². The van der Waals surface area contributed by atoms with Crippen LogP contribution in [0, 0.1) is 5.82 Å². The minimum absolute atomic E-state index is 0.156. The van der Waals surface area contributed by atoms with E-state index in [4.69, 9.17) is 9.94 Å². The molecule has 0 radical (unpaired) electrons. The highest BCUT2D eigenvalue weighted by Crippen LogP contribution is 2.30. The molecule has 0 amide bonds. The number of aliphatic hydroxyl groups excluding tert-OH is 2. The average Bonchev–Trinajstić information content (AvgIpc) is 2.27. The molecule has 100 valence electrons. The van der Waals surface area contributed by atoms with E-state index >= 15 is 0 Å². The van der Waals surface area contributed by atoms with Crippen molar-refractivity contribution in [2.75, 3.05) is 5.48 Å². The first kappa shape index (κ1) is 13.1. The maximum atomic E-state index is 13.1. The number of nitrogens with one attached hydrogen (secondary N) is 1. The molecule has 1 aliphatic carbocycles. The molecule has 0 spiro atoms. The van der Waals surface area contributed by atoms with Crippen LogP contribution >= 0.6 is 0 Å². The molecule has 1 fully saturated rings. The summed E-state index contributed by atoms with van der Waals surface area (Å²) in [6.45, 7) is 0. The van der Waals surface area contributed by atoms with Crippen LogP contribution in [0.15, 0.2) is 18.2 Å². The van der Waals surface area contributed by atoms with Crippen molar-refractivity contribution in [1.82, 2.24) is 0 Å². The van der Waals surface area contributed by atoms with Gasteiger partial charge in [-0.05, 0) is 18.6 Å². The van der Waals surface area contributed by atoms with Crippen LogP contribution in [-0.2, 0) is 0 Å². The average molecular weight is 257 g/mol. The Kier molecular flexibility index (Phi) is 4.00. The van der Waals surface area contributed by atoms with Crippen molar-refractivity contribution >= 4 is 5.69 Å². The van der Waals surface area contributed by atoms with Gasteiger partial charge >= 0.3 is 0 Å². The zero-order valence-corrected chi connectivity index (χ0v) is 9.71. The third-order valence-corrected chi connectivity index (χ3v) is 2.97. The fourth-order valence-electron chi connectivity index (χ4n) is 2.17. The lowest BCUT2D eigenvalue weighted by Gasteiger charge is -2.30. The molecule has 0 bridgehead atoms. The van der Waals surface area contributed by atoms with Gasteiger partial charge in [0, 0.05) is 18.9 Å². The van der Waals surface area contributed by atoms with E-state index in [1.165, 1.54) is 12.1 Å². The molecule has 2 rings (SSSR count). The van der Waals surface area contributed by atoms with Gasteiger partial charge in [-0.2, -0.15) is 0 Å². The standard InChI is InChI=1S/C12H16FNO4/c13-7-1-2-11(14-17)12(3-7)18-10-5-8(15)4-9(16)6-10/h1-3,8-10,14-17H,4-6H2. The minimum Gasteiger partial charge on any atom is -0.488 e. The van der Waals surface area contributed by atoms with Crippen LogP contribution in [0.4, 0.5) is 10.1 Å². The Morgan fingerprint density at radius 2 is 1.83 bits per heavy atom. The minimum atomic E-state index is -0.627. The van der Waals surface area contributed by atoms with E-state index in [-0.39, 0.29) is 11.4 Å². The molecule has 0 heterocycles. The molecule has 0 saturated heterocycles. The summed E-state index contributed by atoms with van der Waals surface area (Å²) in [4.78, 5) is 0. The number of benzene rings is 1. The molecular formula is C12H16FNO4. The van der Waals surface area contributed by atoms with Gasteiger partial charge in [0.05, 0.1) is 12.2 Å². The lowest BCUT2D eigenvalue weighted by Crippen LogP contribution is -2.36. The van der Waals surface area contributed by atoms with Crippen LogP contribution in [-0.4, -0.2) is 33.7 Å². The van der Waals surface area contributed by atoms with Gasteiger partial charge < -0.3 is 14.9 Å². The van der Waals surface area contributed by atoms with Crippen LogP contribution in [0.25, 0.3) is 0 Å². The Bertz CT molecular complexity index is 405. The highest BCUT2D eigenvalue weighted by Gasteiger charge is 2.28. The summed E-state index contributed by atoms with van der Waals surface area (Å²) in [5, 5.41) is 28.0. The van der Waals surface area contributed by atoms with Gasteiger partial charge in [0.2, 0.25) is 0 Å². The molecular weight excluding hydrogens is 241 g/mol. The second kappa shape index (κ2) is 5.51. The monoisotopic (exact) mass is 257 g/mol. The number of hydrogen-bond acceptors (Lipinski definition) is 5. The number of ether oxygens (including phenoxy) is 1. The van der Waals surface area contributed by atoms with Crippen molar-refractivity contribution in [3.63, 3.8) is 0 Å². The van der Waals surface area contributed by atoms with Crippen molar-refractivity contribution in [2.45, 2.75) is 37.6 Å². The Balaban J connectivity index is 2.10. The van der Waals surface area contributed by atoms with Crippen molar-refractivity contribution < 1.29 is 24.5 Å². The summed E-state index contributed by atoms with van der Waals surface area (Å²) in [5.41, 5.74) is 2.16. The van der Waals surface area contributed by atoms with E-state index in [1.54, 1.807) is 0 Å². The summed E-state index contributed by atoms with van der Waals surface area (Å²) >= 11 is 0. The Morgan fingerprint density at radius 3 is 2.44 bits per heavy atom. The molecule has 2 atom stereocenters. The second-order valence-electron chi connectivity index (χ2n) is 4.51. The molecule has 1 saturated carbocycles. The van der Waals surface area contributed by atoms with E-state index < -0.39 is 24.1 Å². The molecule has 5 nitrogen and oxygen atoms in total. The van der Waals surface area contributed by atoms with E-state index in [9.17, 15) is 14.6 Å². The van der Waals surface area contributed by atoms with Crippen LogP contribution in [0.5, 0.6) is 5.75 Å².